The maximum absolute atomic E-state index is 12.1. The van der Waals surface area contributed by atoms with Gasteiger partial charge in [-0.1, -0.05) is 0 Å². The fourth-order valence-corrected chi connectivity index (χ4v) is 2.14. The first kappa shape index (κ1) is 13.3. The number of piperidine rings is 1. The lowest BCUT2D eigenvalue weighted by Crippen LogP contribution is -2.45. The highest BCUT2D eigenvalue weighted by Gasteiger charge is 2.38. The number of nitrogens with one attached hydrogen (secondary N) is 1. The minimum Gasteiger partial charge on any atom is -0.481 e. The molecule has 1 aromatic heterocycles. The summed E-state index contributed by atoms with van der Waals surface area (Å²) in [5.41, 5.74) is -0.589. The molecule has 6 nitrogen and oxygen atoms in total. The number of carbonyl (C=O) groups is 2. The van der Waals surface area contributed by atoms with Crippen molar-refractivity contribution in [2.24, 2.45) is 5.41 Å². The van der Waals surface area contributed by atoms with Gasteiger partial charge in [0.25, 0.3) is 5.91 Å². The molecule has 0 aliphatic carbocycles. The average molecular weight is 264 g/mol. The summed E-state index contributed by atoms with van der Waals surface area (Å²) in [6.07, 6.45) is 2.27. The second-order valence-corrected chi connectivity index (χ2v) is 5.10. The van der Waals surface area contributed by atoms with Crippen molar-refractivity contribution >= 4 is 11.9 Å². The lowest BCUT2D eigenvalue weighted by molar-refractivity contribution is -0.150. The van der Waals surface area contributed by atoms with E-state index in [1.165, 1.54) is 18.3 Å². The molecule has 102 valence electrons. The Kier molecular flexibility index (Phi) is 3.42. The molecule has 0 aromatic carbocycles. The van der Waals surface area contributed by atoms with Gasteiger partial charge in [0, 0.05) is 25.4 Å². The molecule has 19 heavy (non-hydrogen) atoms. The van der Waals surface area contributed by atoms with Gasteiger partial charge in [-0.3, -0.25) is 14.4 Å². The van der Waals surface area contributed by atoms with Crippen LogP contribution in [0.2, 0.25) is 0 Å². The van der Waals surface area contributed by atoms with Gasteiger partial charge in [-0.2, -0.15) is 0 Å². The van der Waals surface area contributed by atoms with Crippen molar-refractivity contribution < 1.29 is 14.7 Å². The number of hydrogen-bond donors (Lipinski definition) is 2. The molecule has 1 fully saturated rings. The van der Waals surface area contributed by atoms with Crippen LogP contribution in [-0.2, 0) is 4.79 Å². The third-order valence-electron chi connectivity index (χ3n) is 3.70. The van der Waals surface area contributed by atoms with Gasteiger partial charge in [0.05, 0.1) is 11.0 Å². The Morgan fingerprint density at radius 1 is 1.32 bits per heavy atom. The predicted molar refractivity (Wildman–Crippen MR) is 67.9 cm³/mol. The first-order chi connectivity index (χ1) is 8.92. The van der Waals surface area contributed by atoms with Crippen LogP contribution in [0.5, 0.6) is 0 Å². The van der Waals surface area contributed by atoms with E-state index in [1.54, 1.807) is 11.8 Å². The largest absolute Gasteiger partial charge is 0.481 e. The van der Waals surface area contributed by atoms with E-state index in [9.17, 15) is 14.4 Å². The number of H-pyrrole nitrogens is 1. The fourth-order valence-electron chi connectivity index (χ4n) is 2.14. The van der Waals surface area contributed by atoms with Crippen LogP contribution in [0.3, 0.4) is 0 Å². The van der Waals surface area contributed by atoms with Gasteiger partial charge < -0.3 is 15.0 Å². The van der Waals surface area contributed by atoms with Crippen molar-refractivity contribution in [3.8, 4) is 0 Å². The molecule has 0 saturated carbocycles. The molecule has 1 aliphatic heterocycles. The second kappa shape index (κ2) is 4.87. The molecule has 1 saturated heterocycles. The summed E-state index contributed by atoms with van der Waals surface area (Å²) in [7, 11) is 0. The summed E-state index contributed by atoms with van der Waals surface area (Å²) in [5, 5.41) is 9.13. The molecular weight excluding hydrogens is 248 g/mol. The third-order valence-corrected chi connectivity index (χ3v) is 3.70. The van der Waals surface area contributed by atoms with Crippen LogP contribution in [0, 0.1) is 5.41 Å². The molecule has 1 aliphatic rings. The molecule has 2 N–H and O–H groups in total. The Balaban J connectivity index is 2.06. The quantitative estimate of drug-likeness (QED) is 0.822. The first-order valence-corrected chi connectivity index (χ1v) is 6.14. The van der Waals surface area contributed by atoms with E-state index in [1.807, 2.05) is 0 Å². The number of aromatic nitrogens is 1. The predicted octanol–water partition coefficient (Wildman–Crippen LogP) is 0.702. The number of aliphatic carboxylic acids is 1. The average Bonchev–Trinajstić information content (AvgIpc) is 2.39. The van der Waals surface area contributed by atoms with Gasteiger partial charge in [-0.15, -0.1) is 0 Å². The molecule has 0 unspecified atom stereocenters. The van der Waals surface area contributed by atoms with E-state index < -0.39 is 11.4 Å². The van der Waals surface area contributed by atoms with E-state index >= 15 is 0 Å². The van der Waals surface area contributed by atoms with Gasteiger partial charge in [0.1, 0.15) is 0 Å². The molecule has 0 radical (unpaired) electrons. The zero-order chi connectivity index (χ0) is 14.0. The van der Waals surface area contributed by atoms with Crippen molar-refractivity contribution in [3.63, 3.8) is 0 Å². The molecule has 0 spiro atoms. The van der Waals surface area contributed by atoms with E-state index in [2.05, 4.69) is 4.98 Å². The molecule has 1 aromatic rings. The SMILES string of the molecule is CC1(C(=O)O)CCN(C(=O)c2ccc(=O)[nH]c2)CC1. The molecule has 2 heterocycles. The van der Waals surface area contributed by atoms with Crippen molar-refractivity contribution in [3.05, 3.63) is 34.2 Å². The summed E-state index contributed by atoms with van der Waals surface area (Å²) < 4.78 is 0. The van der Waals surface area contributed by atoms with Gasteiger partial charge in [0.2, 0.25) is 5.56 Å². The van der Waals surface area contributed by atoms with Crippen molar-refractivity contribution in [2.75, 3.05) is 13.1 Å². The number of nitrogens with zero attached hydrogens (tertiary/aromatic N) is 1. The molecule has 2 rings (SSSR count). The van der Waals surface area contributed by atoms with Gasteiger partial charge >= 0.3 is 5.97 Å². The normalized spacial score (nSPS) is 18.1. The smallest absolute Gasteiger partial charge is 0.309 e. The minimum atomic E-state index is -0.816. The van der Waals surface area contributed by atoms with Crippen molar-refractivity contribution in [1.29, 1.82) is 0 Å². The van der Waals surface area contributed by atoms with Crippen LogP contribution in [0.4, 0.5) is 0 Å². The number of carbonyl (C=O) groups excluding carboxylic acids is 1. The molecular formula is C13H16N2O4. The standard InChI is InChI=1S/C13H16N2O4/c1-13(12(18)19)4-6-15(7-5-13)11(17)9-2-3-10(16)14-8-9/h2-3,8H,4-7H2,1H3,(H,14,16)(H,18,19). The van der Waals surface area contributed by atoms with Crippen molar-refractivity contribution in [1.82, 2.24) is 9.88 Å². The summed E-state index contributed by atoms with van der Waals surface area (Å²) >= 11 is 0. The first-order valence-electron chi connectivity index (χ1n) is 6.14. The van der Waals surface area contributed by atoms with Crippen LogP contribution in [0.25, 0.3) is 0 Å². The monoisotopic (exact) mass is 264 g/mol. The number of rotatable bonds is 2. The Hall–Kier alpha value is -2.11. The van der Waals surface area contributed by atoms with E-state index in [0.717, 1.165) is 0 Å². The number of amides is 1. The minimum absolute atomic E-state index is 0.177. The van der Waals surface area contributed by atoms with Crippen LogP contribution in [0.15, 0.2) is 23.1 Å². The van der Waals surface area contributed by atoms with Crippen LogP contribution >= 0.6 is 0 Å². The molecule has 0 bridgehead atoms. The highest BCUT2D eigenvalue weighted by atomic mass is 16.4. The van der Waals surface area contributed by atoms with Gasteiger partial charge in [-0.05, 0) is 25.8 Å². The topological polar surface area (TPSA) is 90.5 Å². The summed E-state index contributed by atoms with van der Waals surface area (Å²) in [6.45, 7) is 2.54. The number of pyridine rings is 1. The summed E-state index contributed by atoms with van der Waals surface area (Å²) in [6, 6.07) is 2.78. The van der Waals surface area contributed by atoms with E-state index in [4.69, 9.17) is 5.11 Å². The Morgan fingerprint density at radius 2 is 1.95 bits per heavy atom. The van der Waals surface area contributed by atoms with Gasteiger partial charge in [-0.25, -0.2) is 0 Å². The highest BCUT2D eigenvalue weighted by Crippen LogP contribution is 2.31. The molecule has 1 amide bonds. The highest BCUT2D eigenvalue weighted by molar-refractivity contribution is 5.94. The van der Waals surface area contributed by atoms with Crippen LogP contribution in [0.1, 0.15) is 30.1 Å². The zero-order valence-corrected chi connectivity index (χ0v) is 10.7. The third kappa shape index (κ3) is 2.67. The number of likely N-dealkylation sites (tertiary alicyclic amines) is 1. The van der Waals surface area contributed by atoms with Crippen LogP contribution < -0.4 is 5.56 Å². The second-order valence-electron chi connectivity index (χ2n) is 5.10. The van der Waals surface area contributed by atoms with E-state index in [0.29, 0.717) is 31.5 Å². The van der Waals surface area contributed by atoms with Crippen LogP contribution in [-0.4, -0.2) is 40.0 Å². The summed E-state index contributed by atoms with van der Waals surface area (Å²) in [4.78, 5) is 38.3. The molecule has 6 heteroatoms. The summed E-state index contributed by atoms with van der Waals surface area (Å²) in [5.74, 6) is -0.993. The Bertz CT molecular complexity index is 536. The number of aromatic amines is 1. The lowest BCUT2D eigenvalue weighted by atomic mass is 9.80. The van der Waals surface area contributed by atoms with Gasteiger partial charge in [0.15, 0.2) is 0 Å². The fraction of sp³-hybridized carbons (Fsp3) is 0.462. The van der Waals surface area contributed by atoms with E-state index in [-0.39, 0.29) is 11.5 Å². The maximum Gasteiger partial charge on any atom is 0.309 e. The number of carboxylic acid groups (broad SMARTS) is 1. The lowest BCUT2D eigenvalue weighted by Gasteiger charge is -2.36. The molecule has 0 atom stereocenters. The maximum atomic E-state index is 12.1. The van der Waals surface area contributed by atoms with Crippen molar-refractivity contribution in [2.45, 2.75) is 19.8 Å². The Morgan fingerprint density at radius 3 is 2.42 bits per heavy atom. The Labute approximate surface area is 110 Å². The number of hydrogen-bond acceptors (Lipinski definition) is 3. The number of carboxylic acids is 1. The zero-order valence-electron chi connectivity index (χ0n) is 10.7.